The third-order valence-electron chi connectivity index (χ3n) is 4.33. The number of hydrogen-bond acceptors (Lipinski definition) is 5. The van der Waals surface area contributed by atoms with Crippen LogP contribution < -0.4 is 10.1 Å². The fourth-order valence-corrected chi connectivity index (χ4v) is 3.40. The second kappa shape index (κ2) is 9.37. The number of anilines is 1. The van der Waals surface area contributed by atoms with Gasteiger partial charge in [-0.2, -0.15) is 18.1 Å². The van der Waals surface area contributed by atoms with Gasteiger partial charge in [0.2, 0.25) is 0 Å². The number of nitriles is 1. The van der Waals surface area contributed by atoms with Crippen molar-refractivity contribution in [1.29, 1.82) is 5.26 Å². The minimum atomic E-state index is -4.13. The average molecular weight is 432 g/mol. The van der Waals surface area contributed by atoms with E-state index in [2.05, 4.69) is 23.0 Å². The van der Waals surface area contributed by atoms with E-state index in [-0.39, 0.29) is 40.1 Å². The van der Waals surface area contributed by atoms with Crippen molar-refractivity contribution in [1.82, 2.24) is 4.57 Å². The summed E-state index contributed by atoms with van der Waals surface area (Å²) in [4.78, 5) is 12.6. The van der Waals surface area contributed by atoms with E-state index in [1.807, 2.05) is 6.92 Å². The molecule has 0 saturated carbocycles. The maximum atomic E-state index is 13.5. The quantitative estimate of drug-likeness (QED) is 0.483. The smallest absolute Gasteiger partial charge is 0.286 e. The number of nitrogens with one attached hydrogen (secondary N) is 1. The Labute approximate surface area is 174 Å². The summed E-state index contributed by atoms with van der Waals surface area (Å²) in [6.45, 7) is 8.80. The van der Waals surface area contributed by atoms with Crippen LogP contribution in [0.1, 0.15) is 29.4 Å². The summed E-state index contributed by atoms with van der Waals surface area (Å²) in [5.74, 6) is -1.47. The van der Waals surface area contributed by atoms with Crippen LogP contribution in [0, 0.1) is 23.1 Å². The molecule has 1 aromatic carbocycles. The zero-order valence-electron chi connectivity index (χ0n) is 16.6. The summed E-state index contributed by atoms with van der Waals surface area (Å²) in [6.07, 6.45) is 3.48. The van der Waals surface area contributed by atoms with E-state index < -0.39 is 21.7 Å². The van der Waals surface area contributed by atoms with Crippen molar-refractivity contribution in [3.63, 3.8) is 0 Å². The Kier molecular flexibility index (Phi) is 7.13. The maximum Gasteiger partial charge on any atom is 0.286 e. The van der Waals surface area contributed by atoms with E-state index in [9.17, 15) is 17.6 Å². The number of halogens is 1. The van der Waals surface area contributed by atoms with Crippen LogP contribution in [0.25, 0.3) is 0 Å². The number of sulfonamides is 1. The van der Waals surface area contributed by atoms with Crippen molar-refractivity contribution < 1.29 is 22.3 Å². The molecular formula is C20H21FN4O4S. The third-order valence-corrected chi connectivity index (χ3v) is 5.52. The molecule has 8 nitrogen and oxygen atoms in total. The van der Waals surface area contributed by atoms with Crippen molar-refractivity contribution in [3.05, 3.63) is 54.1 Å². The predicted octanol–water partition coefficient (Wildman–Crippen LogP) is 3.27. The van der Waals surface area contributed by atoms with Crippen molar-refractivity contribution in [2.45, 2.75) is 18.2 Å². The summed E-state index contributed by atoms with van der Waals surface area (Å²) in [7, 11) is -2.66. The Morgan fingerprint density at radius 2 is 2.20 bits per heavy atom. The Hall–Kier alpha value is -3.45. The highest BCUT2D eigenvalue weighted by molar-refractivity contribution is 7.90. The van der Waals surface area contributed by atoms with Crippen LogP contribution in [-0.4, -0.2) is 32.2 Å². The summed E-state index contributed by atoms with van der Waals surface area (Å²) >= 11 is 0. The Bertz CT molecular complexity index is 1130. The summed E-state index contributed by atoms with van der Waals surface area (Å²) in [6, 6.07) is 5.19. The molecule has 0 radical (unpaired) electrons. The zero-order chi connectivity index (χ0) is 22.5. The molecule has 30 heavy (non-hydrogen) atoms. The molecule has 0 unspecified atom stereocenters. The number of ether oxygens (including phenoxy) is 1. The largest absolute Gasteiger partial charge is 0.490 e. The van der Waals surface area contributed by atoms with Gasteiger partial charge in [-0.25, -0.2) is 4.39 Å². The molecule has 0 aliphatic carbocycles. The molecule has 1 N–H and O–H groups in total. The van der Waals surface area contributed by atoms with E-state index in [0.29, 0.717) is 6.42 Å². The van der Waals surface area contributed by atoms with Gasteiger partial charge in [-0.3, -0.25) is 4.79 Å². The number of carbonyl (C=O) groups excluding carboxylic acids is 1. The fourth-order valence-electron chi connectivity index (χ4n) is 2.58. The molecule has 2 rings (SSSR count). The van der Waals surface area contributed by atoms with Crippen LogP contribution in [0.2, 0.25) is 0 Å². The molecular weight excluding hydrogens is 411 g/mol. The summed E-state index contributed by atoms with van der Waals surface area (Å²) in [5.41, 5.74) is -0.156. The summed E-state index contributed by atoms with van der Waals surface area (Å²) < 4.78 is 48.2. The molecule has 10 heteroatoms. The van der Waals surface area contributed by atoms with Gasteiger partial charge in [0.05, 0.1) is 12.2 Å². The standard InChI is InChI=1S/C20H21FN4O4S/c1-5-13(2)8-9-29-19-17(30(27,28)23-3)12-25(4)18(19)20(26)24-15-6-7-16(21)14(10-15)11-22/h5-7,10,12-13H,1,3,8-9H2,2,4H3,(H,24,26)/t13-/m1/s1. The summed E-state index contributed by atoms with van der Waals surface area (Å²) in [5, 5.41) is 11.5. The van der Waals surface area contributed by atoms with E-state index in [4.69, 9.17) is 10.00 Å². The van der Waals surface area contributed by atoms with Gasteiger partial charge < -0.3 is 14.6 Å². The van der Waals surface area contributed by atoms with E-state index >= 15 is 0 Å². The molecule has 158 valence electrons. The molecule has 1 atom stereocenters. The fraction of sp³-hybridized carbons (Fsp3) is 0.250. The van der Waals surface area contributed by atoms with Crippen LogP contribution in [0.5, 0.6) is 5.75 Å². The molecule has 0 saturated heterocycles. The second-order valence-corrected chi connectivity index (χ2v) is 8.14. The van der Waals surface area contributed by atoms with E-state index in [1.54, 1.807) is 12.1 Å². The average Bonchev–Trinajstić information content (AvgIpc) is 3.06. The molecule has 1 heterocycles. The molecule has 0 aliphatic heterocycles. The Morgan fingerprint density at radius 1 is 1.50 bits per heavy atom. The second-order valence-electron chi connectivity index (χ2n) is 6.50. The van der Waals surface area contributed by atoms with Crippen LogP contribution in [0.4, 0.5) is 10.1 Å². The van der Waals surface area contributed by atoms with E-state index in [1.165, 1.54) is 29.9 Å². The number of rotatable bonds is 9. The number of aromatic nitrogens is 1. The molecule has 0 spiro atoms. The van der Waals surface area contributed by atoms with E-state index in [0.717, 1.165) is 6.07 Å². The first-order chi connectivity index (χ1) is 14.1. The molecule has 0 fully saturated rings. The predicted molar refractivity (Wildman–Crippen MR) is 111 cm³/mol. The first kappa shape index (κ1) is 22.8. The first-order valence-electron chi connectivity index (χ1n) is 8.83. The normalized spacial score (nSPS) is 11.9. The highest BCUT2D eigenvalue weighted by atomic mass is 32.2. The van der Waals surface area contributed by atoms with Gasteiger partial charge >= 0.3 is 0 Å². The topological polar surface area (TPSA) is 114 Å². The number of hydrogen-bond donors (Lipinski definition) is 1. The SMILES string of the molecule is C=C[C@@H](C)CCOc1c(S(=O)(=O)N=C)cn(C)c1C(=O)Nc1ccc(F)c(C#N)c1. The van der Waals surface area contributed by atoms with Gasteiger partial charge in [-0.15, -0.1) is 6.58 Å². The molecule has 0 aliphatic rings. The number of benzene rings is 1. The van der Waals surface area contributed by atoms with Gasteiger partial charge in [-0.05, 0) is 30.5 Å². The number of nitrogens with zero attached hydrogens (tertiary/aromatic N) is 3. The van der Waals surface area contributed by atoms with Gasteiger partial charge in [0.25, 0.3) is 15.9 Å². The maximum absolute atomic E-state index is 13.5. The monoisotopic (exact) mass is 432 g/mol. The van der Waals surface area contributed by atoms with Crippen molar-refractivity contribution in [2.24, 2.45) is 17.4 Å². The van der Waals surface area contributed by atoms with Gasteiger partial charge in [0, 0.05) is 25.6 Å². The van der Waals surface area contributed by atoms with Crippen molar-refractivity contribution in [3.8, 4) is 11.8 Å². The Morgan fingerprint density at radius 3 is 2.80 bits per heavy atom. The number of amides is 1. The number of aryl methyl sites for hydroxylation is 1. The van der Waals surface area contributed by atoms with Gasteiger partial charge in [0.1, 0.15) is 16.8 Å². The molecule has 1 amide bonds. The van der Waals surface area contributed by atoms with Gasteiger partial charge in [-0.1, -0.05) is 13.0 Å². The lowest BCUT2D eigenvalue weighted by atomic mass is 10.1. The Balaban J connectivity index is 2.44. The highest BCUT2D eigenvalue weighted by Crippen LogP contribution is 2.32. The molecule has 1 aromatic heterocycles. The lowest BCUT2D eigenvalue weighted by Gasteiger charge is -2.12. The molecule has 2 aromatic rings. The van der Waals surface area contributed by atoms with Crippen molar-refractivity contribution in [2.75, 3.05) is 11.9 Å². The van der Waals surface area contributed by atoms with Crippen LogP contribution in [0.3, 0.4) is 0 Å². The lowest BCUT2D eigenvalue weighted by molar-refractivity contribution is 0.101. The third kappa shape index (κ3) is 4.93. The van der Waals surface area contributed by atoms with Gasteiger partial charge in [0.15, 0.2) is 11.4 Å². The first-order valence-corrected chi connectivity index (χ1v) is 10.3. The van der Waals surface area contributed by atoms with Crippen molar-refractivity contribution >= 4 is 28.3 Å². The highest BCUT2D eigenvalue weighted by Gasteiger charge is 2.29. The minimum absolute atomic E-state index is 0.0775. The molecule has 0 bridgehead atoms. The number of carbonyl (C=O) groups is 1. The lowest BCUT2D eigenvalue weighted by Crippen LogP contribution is -2.17. The van der Waals surface area contributed by atoms with Crippen LogP contribution in [0.15, 0.2) is 46.3 Å². The minimum Gasteiger partial charge on any atom is -0.490 e. The zero-order valence-corrected chi connectivity index (χ0v) is 17.4. The van der Waals surface area contributed by atoms with Crippen LogP contribution in [-0.2, 0) is 17.1 Å². The number of allylic oxidation sites excluding steroid dienone is 1. The van der Waals surface area contributed by atoms with Crippen LogP contribution >= 0.6 is 0 Å².